The van der Waals surface area contributed by atoms with Gasteiger partial charge in [-0.05, 0) is 54.6 Å². The molecule has 0 radical (unpaired) electrons. The molecule has 4 aromatic rings. The highest BCUT2D eigenvalue weighted by Gasteiger charge is 2.45. The van der Waals surface area contributed by atoms with E-state index in [1.165, 1.54) is 15.9 Å². The molecule has 4 rings (SSSR count). The summed E-state index contributed by atoms with van der Waals surface area (Å²) < 4.78 is 0. The molecule has 0 bridgehead atoms. The van der Waals surface area contributed by atoms with E-state index in [-0.39, 0.29) is 12.4 Å². The minimum atomic E-state index is -1.97. The number of rotatable bonds is 5. The van der Waals surface area contributed by atoms with Crippen LogP contribution >= 0.6 is 30.5 Å². The first-order valence-corrected chi connectivity index (χ1v) is 11.9. The van der Waals surface area contributed by atoms with Crippen LogP contribution in [0.4, 0.5) is 0 Å². The van der Waals surface area contributed by atoms with Gasteiger partial charge in [0.2, 0.25) is 0 Å². The summed E-state index contributed by atoms with van der Waals surface area (Å²) in [6.45, 7) is 0. The zero-order valence-electron chi connectivity index (χ0n) is 15.7. The van der Waals surface area contributed by atoms with Crippen LogP contribution in [0.25, 0.3) is 0 Å². The second-order valence-corrected chi connectivity index (χ2v) is 11.0. The van der Waals surface area contributed by atoms with E-state index in [2.05, 4.69) is 91.0 Å². The largest absolute Gasteiger partial charge is 1.00 e. The van der Waals surface area contributed by atoms with E-state index in [1.807, 2.05) is 18.2 Å². The molecule has 146 valence electrons. The third kappa shape index (κ3) is 4.52. The summed E-state index contributed by atoms with van der Waals surface area (Å²) in [5.41, 5.74) is 1.08. The Balaban J connectivity index is 0.00000240. The van der Waals surface area contributed by atoms with Gasteiger partial charge in [-0.25, -0.2) is 0 Å². The molecule has 0 aromatic heterocycles. The highest BCUT2D eigenvalue weighted by atomic mass is 35.5. The molecule has 0 nitrogen and oxygen atoms in total. The SMILES string of the molecule is Clc1ccc(Cl)c(C[P+](c2ccccc2)(c2ccccc2)c2ccccc2)c1.[Cl-]. The lowest BCUT2D eigenvalue weighted by Crippen LogP contribution is -3.00. The molecular weight excluding hydrogens is 438 g/mol. The van der Waals surface area contributed by atoms with Gasteiger partial charge in [0.15, 0.2) is 0 Å². The van der Waals surface area contributed by atoms with Gasteiger partial charge in [-0.2, -0.15) is 0 Å². The third-order valence-electron chi connectivity index (χ3n) is 5.01. The van der Waals surface area contributed by atoms with E-state index in [4.69, 9.17) is 23.2 Å². The van der Waals surface area contributed by atoms with Crippen LogP contribution in [0.1, 0.15) is 5.56 Å². The van der Waals surface area contributed by atoms with Crippen molar-refractivity contribution in [2.45, 2.75) is 6.16 Å². The number of halogens is 3. The molecular formula is C25H20Cl3P. The Hall–Kier alpha value is -1.82. The Morgan fingerprint density at radius 1 is 0.552 bits per heavy atom. The minimum Gasteiger partial charge on any atom is -1.00 e. The Morgan fingerprint density at radius 2 is 0.966 bits per heavy atom. The van der Waals surface area contributed by atoms with Crippen molar-refractivity contribution in [2.24, 2.45) is 0 Å². The molecule has 0 unspecified atom stereocenters. The second kappa shape index (κ2) is 9.79. The van der Waals surface area contributed by atoms with Crippen molar-refractivity contribution in [3.8, 4) is 0 Å². The molecule has 0 atom stereocenters. The topological polar surface area (TPSA) is 0 Å². The molecule has 0 saturated carbocycles. The van der Waals surface area contributed by atoms with Gasteiger partial charge >= 0.3 is 0 Å². The molecule has 0 aliphatic heterocycles. The molecule has 0 spiro atoms. The number of hydrogen-bond donors (Lipinski definition) is 0. The molecule has 0 N–H and O–H groups in total. The first kappa shape index (κ1) is 21.9. The average Bonchev–Trinajstić information content (AvgIpc) is 2.76. The lowest BCUT2D eigenvalue weighted by atomic mass is 10.2. The van der Waals surface area contributed by atoms with Crippen LogP contribution in [0.3, 0.4) is 0 Å². The van der Waals surface area contributed by atoms with Gasteiger partial charge in [-0.1, -0.05) is 77.8 Å². The molecule has 0 heterocycles. The first-order valence-electron chi connectivity index (χ1n) is 9.19. The lowest BCUT2D eigenvalue weighted by molar-refractivity contribution is -0.00000524. The fourth-order valence-electron chi connectivity index (χ4n) is 3.69. The van der Waals surface area contributed by atoms with Crippen LogP contribution < -0.4 is 28.3 Å². The smallest absolute Gasteiger partial charge is 0.116 e. The third-order valence-corrected chi connectivity index (χ3v) is 9.96. The van der Waals surface area contributed by atoms with Crippen LogP contribution in [0.5, 0.6) is 0 Å². The molecule has 0 fully saturated rings. The second-order valence-electron chi connectivity index (χ2n) is 6.71. The zero-order valence-corrected chi connectivity index (χ0v) is 18.8. The molecule has 0 saturated heterocycles. The van der Waals surface area contributed by atoms with Gasteiger partial charge in [0.05, 0.1) is 6.16 Å². The maximum atomic E-state index is 6.62. The maximum Gasteiger partial charge on any atom is 0.116 e. The zero-order chi connectivity index (χ0) is 19.4. The molecule has 4 heteroatoms. The summed E-state index contributed by atoms with van der Waals surface area (Å²) in [6, 6.07) is 38.1. The fourth-order valence-corrected chi connectivity index (χ4v) is 8.42. The summed E-state index contributed by atoms with van der Waals surface area (Å²) in [5.74, 6) is 0. The maximum absolute atomic E-state index is 6.62. The van der Waals surface area contributed by atoms with Crippen molar-refractivity contribution in [3.05, 3.63) is 125 Å². The van der Waals surface area contributed by atoms with Gasteiger partial charge in [-0.3, -0.25) is 0 Å². The van der Waals surface area contributed by atoms with Crippen LogP contribution in [-0.2, 0) is 6.16 Å². The monoisotopic (exact) mass is 456 g/mol. The Labute approximate surface area is 189 Å². The molecule has 0 aliphatic carbocycles. The van der Waals surface area contributed by atoms with E-state index < -0.39 is 7.26 Å². The van der Waals surface area contributed by atoms with Gasteiger partial charge in [-0.15, -0.1) is 0 Å². The average molecular weight is 458 g/mol. The lowest BCUT2D eigenvalue weighted by Gasteiger charge is -2.28. The standard InChI is InChI=1S/C25H20Cl2P.ClH/c26-21-16-17-25(27)20(18-21)19-28(22-10-4-1-5-11-22,23-12-6-2-7-13-23)24-14-8-3-9-15-24;/h1-18H,19H2;1H/q+1;/p-1. The van der Waals surface area contributed by atoms with Crippen molar-refractivity contribution in [3.63, 3.8) is 0 Å². The normalized spacial score (nSPS) is 11.0. The fraction of sp³-hybridized carbons (Fsp3) is 0.0400. The highest BCUT2D eigenvalue weighted by molar-refractivity contribution is 7.95. The van der Waals surface area contributed by atoms with Crippen LogP contribution in [0, 0.1) is 0 Å². The van der Waals surface area contributed by atoms with E-state index in [1.54, 1.807) is 0 Å². The first-order chi connectivity index (χ1) is 13.7. The van der Waals surface area contributed by atoms with E-state index in [0.29, 0.717) is 5.02 Å². The summed E-state index contributed by atoms with van der Waals surface area (Å²) >= 11 is 13.0. The Bertz CT molecular complexity index is 955. The van der Waals surface area contributed by atoms with Crippen LogP contribution in [0.2, 0.25) is 10.0 Å². The highest BCUT2D eigenvalue weighted by Crippen LogP contribution is 2.58. The van der Waals surface area contributed by atoms with Gasteiger partial charge in [0.1, 0.15) is 23.2 Å². The van der Waals surface area contributed by atoms with Gasteiger partial charge in [0.25, 0.3) is 0 Å². The van der Waals surface area contributed by atoms with Crippen molar-refractivity contribution < 1.29 is 12.4 Å². The minimum absolute atomic E-state index is 0. The van der Waals surface area contributed by atoms with Crippen LogP contribution in [-0.4, -0.2) is 0 Å². The summed E-state index contributed by atoms with van der Waals surface area (Å²) in [4.78, 5) is 0. The predicted octanol–water partition coefficient (Wildman–Crippen LogP) is 3.49. The summed E-state index contributed by atoms with van der Waals surface area (Å²) in [7, 11) is -1.97. The van der Waals surface area contributed by atoms with Gasteiger partial charge in [0, 0.05) is 15.6 Å². The Kier molecular flexibility index (Phi) is 7.38. The van der Waals surface area contributed by atoms with Gasteiger partial charge < -0.3 is 12.4 Å². The summed E-state index contributed by atoms with van der Waals surface area (Å²) in [5, 5.41) is 5.48. The van der Waals surface area contributed by atoms with Crippen molar-refractivity contribution in [1.82, 2.24) is 0 Å². The molecule has 0 amide bonds. The van der Waals surface area contributed by atoms with E-state index >= 15 is 0 Å². The van der Waals surface area contributed by atoms with Crippen molar-refractivity contribution in [1.29, 1.82) is 0 Å². The summed E-state index contributed by atoms with van der Waals surface area (Å²) in [6.07, 6.45) is 0.824. The number of hydrogen-bond acceptors (Lipinski definition) is 0. The number of benzene rings is 4. The van der Waals surface area contributed by atoms with Crippen LogP contribution in [0.15, 0.2) is 109 Å². The van der Waals surface area contributed by atoms with Crippen molar-refractivity contribution >= 4 is 46.4 Å². The molecule has 4 aromatic carbocycles. The van der Waals surface area contributed by atoms with E-state index in [9.17, 15) is 0 Å². The van der Waals surface area contributed by atoms with Crippen molar-refractivity contribution in [2.75, 3.05) is 0 Å². The Morgan fingerprint density at radius 3 is 1.38 bits per heavy atom. The molecule has 0 aliphatic rings. The van der Waals surface area contributed by atoms with E-state index in [0.717, 1.165) is 16.7 Å². The molecule has 29 heavy (non-hydrogen) atoms. The quantitative estimate of drug-likeness (QED) is 0.403. The predicted molar refractivity (Wildman–Crippen MR) is 125 cm³/mol.